The minimum Gasteiger partial charge on any atom is -0.434 e. The normalized spacial score (nSPS) is 15.6. The van der Waals surface area contributed by atoms with Crippen LogP contribution in [0.3, 0.4) is 0 Å². The summed E-state index contributed by atoms with van der Waals surface area (Å²) in [5.41, 5.74) is 0.813. The van der Waals surface area contributed by atoms with Crippen molar-refractivity contribution in [2.45, 2.75) is 6.61 Å². The largest absolute Gasteiger partial charge is 0.434 e. The number of ether oxygens (including phenoxy) is 2. The van der Waals surface area contributed by atoms with Crippen molar-refractivity contribution in [2.24, 2.45) is 4.99 Å². The molecule has 0 N–H and O–H groups in total. The summed E-state index contributed by atoms with van der Waals surface area (Å²) < 4.78 is 34.4. The number of esters is 1. The number of carbonyl (C=O) groups excluding carboxylic acids is 1. The van der Waals surface area contributed by atoms with Crippen molar-refractivity contribution in [1.29, 1.82) is 0 Å². The van der Waals surface area contributed by atoms with Gasteiger partial charge in [0.15, 0.2) is 5.70 Å². The Bertz CT molecular complexity index is 849. The molecule has 122 valence electrons. The average Bonchev–Trinajstić information content (AvgIpc) is 2.90. The molecule has 0 spiro atoms. The van der Waals surface area contributed by atoms with Gasteiger partial charge >= 0.3 is 12.6 Å². The van der Waals surface area contributed by atoms with E-state index in [9.17, 15) is 13.6 Å². The Balaban J connectivity index is 1.95. The molecule has 0 radical (unpaired) electrons. The van der Waals surface area contributed by atoms with Crippen LogP contribution < -0.4 is 4.74 Å². The number of aliphatic imine (C=N–C) groups is 1. The van der Waals surface area contributed by atoms with E-state index in [0.29, 0.717) is 16.1 Å². The summed E-state index contributed by atoms with van der Waals surface area (Å²) in [6.45, 7) is -2.97. The van der Waals surface area contributed by atoms with Crippen LogP contribution in [0.1, 0.15) is 11.1 Å². The highest BCUT2D eigenvalue weighted by Gasteiger charge is 2.24. The van der Waals surface area contributed by atoms with E-state index in [4.69, 9.17) is 16.3 Å². The molecule has 3 rings (SSSR count). The first-order valence-corrected chi connectivity index (χ1v) is 7.23. The van der Waals surface area contributed by atoms with Crippen LogP contribution in [0, 0.1) is 0 Å². The standard InChI is InChI=1S/C17H10ClF2NO3/c18-12-6-3-5-11(8-12)15-21-13(16(22)24-15)9-10-4-1-2-7-14(10)23-17(19)20/h1-9,17H/b13-9-. The molecule has 0 aliphatic carbocycles. The van der Waals surface area contributed by atoms with Crippen molar-refractivity contribution >= 4 is 29.5 Å². The Morgan fingerprint density at radius 1 is 1.17 bits per heavy atom. The second kappa shape index (κ2) is 6.80. The monoisotopic (exact) mass is 349 g/mol. The van der Waals surface area contributed by atoms with E-state index in [-0.39, 0.29) is 17.3 Å². The molecule has 0 unspecified atom stereocenters. The van der Waals surface area contributed by atoms with E-state index in [2.05, 4.69) is 9.73 Å². The first-order chi connectivity index (χ1) is 11.5. The predicted octanol–water partition coefficient (Wildman–Crippen LogP) is 4.29. The number of hydrogen-bond acceptors (Lipinski definition) is 4. The van der Waals surface area contributed by atoms with E-state index in [1.54, 1.807) is 36.4 Å². The first kappa shape index (κ1) is 16.1. The van der Waals surface area contributed by atoms with Crippen molar-refractivity contribution < 1.29 is 23.0 Å². The Morgan fingerprint density at radius 2 is 1.96 bits per heavy atom. The van der Waals surface area contributed by atoms with Crippen LogP contribution >= 0.6 is 11.6 Å². The molecule has 4 nitrogen and oxygen atoms in total. The highest BCUT2D eigenvalue weighted by Crippen LogP contribution is 2.26. The Labute approximate surface area is 141 Å². The summed E-state index contributed by atoms with van der Waals surface area (Å²) in [6, 6.07) is 12.8. The Morgan fingerprint density at radius 3 is 2.71 bits per heavy atom. The molecule has 0 atom stereocenters. The molecule has 0 saturated carbocycles. The lowest BCUT2D eigenvalue weighted by Gasteiger charge is -2.07. The fraction of sp³-hybridized carbons (Fsp3) is 0.0588. The molecule has 1 heterocycles. The maximum Gasteiger partial charge on any atom is 0.387 e. The van der Waals surface area contributed by atoms with Gasteiger partial charge in [-0.25, -0.2) is 9.79 Å². The topological polar surface area (TPSA) is 47.9 Å². The smallest absolute Gasteiger partial charge is 0.387 e. The van der Waals surface area contributed by atoms with Gasteiger partial charge in [-0.15, -0.1) is 0 Å². The Hall–Kier alpha value is -2.73. The summed E-state index contributed by atoms with van der Waals surface area (Å²) in [7, 11) is 0. The van der Waals surface area contributed by atoms with E-state index in [1.807, 2.05) is 0 Å². The zero-order valence-electron chi connectivity index (χ0n) is 12.1. The number of carbonyl (C=O) groups is 1. The number of benzene rings is 2. The second-order valence-electron chi connectivity index (χ2n) is 4.76. The molecule has 2 aromatic rings. The zero-order chi connectivity index (χ0) is 17.1. The quantitative estimate of drug-likeness (QED) is 0.611. The molecular weight excluding hydrogens is 340 g/mol. The Kier molecular flexibility index (Phi) is 4.57. The van der Waals surface area contributed by atoms with Crippen LogP contribution in [-0.4, -0.2) is 18.5 Å². The third-order valence-electron chi connectivity index (χ3n) is 3.12. The van der Waals surface area contributed by atoms with Gasteiger partial charge in [-0.1, -0.05) is 35.9 Å². The van der Waals surface area contributed by atoms with Crippen molar-refractivity contribution in [2.75, 3.05) is 0 Å². The molecule has 0 saturated heterocycles. The SMILES string of the molecule is O=C1OC(c2cccc(Cl)c2)=N/C1=C\c1ccccc1OC(F)F. The van der Waals surface area contributed by atoms with Gasteiger partial charge in [-0.3, -0.25) is 0 Å². The molecule has 0 fully saturated rings. The van der Waals surface area contributed by atoms with Gasteiger partial charge in [-0.2, -0.15) is 8.78 Å². The van der Waals surface area contributed by atoms with Gasteiger partial charge in [0.25, 0.3) is 0 Å². The summed E-state index contributed by atoms with van der Waals surface area (Å²) in [5, 5.41) is 0.472. The number of para-hydroxylation sites is 1. The number of rotatable bonds is 4. The van der Waals surface area contributed by atoms with Crippen LogP contribution in [0.15, 0.2) is 59.2 Å². The van der Waals surface area contributed by atoms with Crippen molar-refractivity contribution in [3.63, 3.8) is 0 Å². The molecule has 1 aliphatic rings. The van der Waals surface area contributed by atoms with E-state index in [1.165, 1.54) is 18.2 Å². The van der Waals surface area contributed by atoms with Crippen molar-refractivity contribution in [1.82, 2.24) is 0 Å². The van der Waals surface area contributed by atoms with E-state index < -0.39 is 12.6 Å². The maximum absolute atomic E-state index is 12.4. The second-order valence-corrected chi connectivity index (χ2v) is 5.20. The highest BCUT2D eigenvalue weighted by molar-refractivity contribution is 6.31. The van der Waals surface area contributed by atoms with Gasteiger partial charge in [0.05, 0.1) is 0 Å². The lowest BCUT2D eigenvalue weighted by molar-refractivity contribution is -0.129. The molecule has 7 heteroatoms. The number of halogens is 3. The fourth-order valence-corrected chi connectivity index (χ4v) is 2.29. The highest BCUT2D eigenvalue weighted by atomic mass is 35.5. The molecule has 2 aromatic carbocycles. The summed E-state index contributed by atoms with van der Waals surface area (Å²) >= 11 is 5.90. The van der Waals surface area contributed by atoms with E-state index >= 15 is 0 Å². The number of hydrogen-bond donors (Lipinski definition) is 0. The molecule has 0 aromatic heterocycles. The number of cyclic esters (lactones) is 1. The van der Waals surface area contributed by atoms with Crippen LogP contribution in [0.5, 0.6) is 5.75 Å². The molecule has 1 aliphatic heterocycles. The summed E-state index contributed by atoms with van der Waals surface area (Å²) in [4.78, 5) is 16.1. The summed E-state index contributed by atoms with van der Waals surface area (Å²) in [6.07, 6.45) is 1.33. The van der Waals surface area contributed by atoms with Crippen LogP contribution in [-0.2, 0) is 9.53 Å². The predicted molar refractivity (Wildman–Crippen MR) is 85.1 cm³/mol. The third kappa shape index (κ3) is 3.60. The summed E-state index contributed by atoms with van der Waals surface area (Å²) in [5.74, 6) is -0.642. The zero-order valence-corrected chi connectivity index (χ0v) is 12.8. The number of alkyl halides is 2. The average molecular weight is 350 g/mol. The minimum absolute atomic E-state index is 0.0182. The molecule has 0 bridgehead atoms. The molecule has 24 heavy (non-hydrogen) atoms. The van der Waals surface area contributed by atoms with Gasteiger partial charge in [0, 0.05) is 16.1 Å². The van der Waals surface area contributed by atoms with Crippen LogP contribution in [0.25, 0.3) is 6.08 Å². The van der Waals surface area contributed by atoms with Crippen LogP contribution in [0.2, 0.25) is 5.02 Å². The number of nitrogens with zero attached hydrogens (tertiary/aromatic N) is 1. The van der Waals surface area contributed by atoms with Gasteiger partial charge in [0.2, 0.25) is 5.90 Å². The third-order valence-corrected chi connectivity index (χ3v) is 3.35. The van der Waals surface area contributed by atoms with E-state index in [0.717, 1.165) is 0 Å². The van der Waals surface area contributed by atoms with Gasteiger partial charge in [0.1, 0.15) is 5.75 Å². The molecular formula is C17H10ClF2NO3. The lowest BCUT2D eigenvalue weighted by Crippen LogP contribution is -2.05. The minimum atomic E-state index is -2.97. The maximum atomic E-state index is 12.4. The fourth-order valence-electron chi connectivity index (χ4n) is 2.10. The van der Waals surface area contributed by atoms with Crippen molar-refractivity contribution in [3.05, 3.63) is 70.4 Å². The first-order valence-electron chi connectivity index (χ1n) is 6.85. The van der Waals surface area contributed by atoms with Gasteiger partial charge < -0.3 is 9.47 Å². The van der Waals surface area contributed by atoms with Crippen LogP contribution in [0.4, 0.5) is 8.78 Å². The lowest BCUT2D eigenvalue weighted by atomic mass is 10.1. The molecule has 0 amide bonds. The van der Waals surface area contributed by atoms with Gasteiger partial charge in [-0.05, 0) is 30.3 Å². The van der Waals surface area contributed by atoms with Crippen molar-refractivity contribution in [3.8, 4) is 5.75 Å².